The number of nitrogens with one attached hydrogen (secondary N) is 2. The first-order valence-electron chi connectivity index (χ1n) is 5.83. The van der Waals surface area contributed by atoms with Gasteiger partial charge in [-0.3, -0.25) is 4.79 Å². The number of rotatable bonds is 7. The third-order valence-corrected chi connectivity index (χ3v) is 4.14. The van der Waals surface area contributed by atoms with Gasteiger partial charge in [-0.05, 0) is 6.92 Å². The van der Waals surface area contributed by atoms with Crippen LogP contribution in [-0.2, 0) is 21.1 Å². The van der Waals surface area contributed by atoms with E-state index in [-0.39, 0.29) is 11.4 Å². The van der Waals surface area contributed by atoms with Gasteiger partial charge in [0, 0.05) is 32.5 Å². The minimum absolute atomic E-state index is 0.165. The summed E-state index contributed by atoms with van der Waals surface area (Å²) in [5.74, 6) is 0.165. The quantitative estimate of drug-likeness (QED) is 0.663. The van der Waals surface area contributed by atoms with Gasteiger partial charge in [-0.25, -0.2) is 13.4 Å². The smallest absolute Gasteiger partial charge is 0.251 e. The summed E-state index contributed by atoms with van der Waals surface area (Å²) < 4.78 is 27.8. The van der Waals surface area contributed by atoms with Crippen molar-refractivity contribution in [1.82, 2.24) is 15.3 Å². The highest BCUT2D eigenvalue weighted by Gasteiger charge is 2.20. The molecule has 0 aromatic carbocycles. The first-order chi connectivity index (χ1) is 8.84. The molecule has 0 saturated heterocycles. The topological polar surface area (TPSA) is 101 Å². The van der Waals surface area contributed by atoms with E-state index in [1.165, 1.54) is 13.0 Å². The van der Waals surface area contributed by atoms with Crippen molar-refractivity contribution in [3.05, 3.63) is 27.9 Å². The molecule has 0 aliphatic carbocycles. The first-order valence-corrected chi connectivity index (χ1v) is 7.78. The SMILES string of the molecule is COCCNCc1cc(=O)[nH]c(C(C)S(C)(=O)=O)n1. The molecule has 1 atom stereocenters. The molecule has 2 N–H and O–H groups in total. The second kappa shape index (κ2) is 6.78. The van der Waals surface area contributed by atoms with E-state index in [1.54, 1.807) is 7.11 Å². The van der Waals surface area contributed by atoms with Crippen molar-refractivity contribution in [1.29, 1.82) is 0 Å². The van der Waals surface area contributed by atoms with E-state index in [0.29, 0.717) is 25.4 Å². The molecule has 7 nitrogen and oxygen atoms in total. The Morgan fingerprint density at radius 2 is 2.21 bits per heavy atom. The highest BCUT2D eigenvalue weighted by atomic mass is 32.2. The fourth-order valence-corrected chi connectivity index (χ4v) is 1.92. The summed E-state index contributed by atoms with van der Waals surface area (Å²) in [4.78, 5) is 18.1. The van der Waals surface area contributed by atoms with E-state index in [9.17, 15) is 13.2 Å². The Bertz CT molecular complexity index is 568. The van der Waals surface area contributed by atoms with E-state index < -0.39 is 15.1 Å². The largest absolute Gasteiger partial charge is 0.383 e. The molecule has 0 fully saturated rings. The van der Waals surface area contributed by atoms with Crippen LogP contribution < -0.4 is 10.9 Å². The predicted octanol–water partition coefficient (Wildman–Crippen LogP) is -0.388. The van der Waals surface area contributed by atoms with Gasteiger partial charge in [-0.15, -0.1) is 0 Å². The maximum atomic E-state index is 11.5. The van der Waals surface area contributed by atoms with Crippen molar-refractivity contribution >= 4 is 9.84 Å². The van der Waals surface area contributed by atoms with Gasteiger partial charge in [0.1, 0.15) is 11.1 Å². The van der Waals surface area contributed by atoms with Crippen molar-refractivity contribution in [3.63, 3.8) is 0 Å². The molecule has 0 spiro atoms. The van der Waals surface area contributed by atoms with Crippen molar-refractivity contribution < 1.29 is 13.2 Å². The minimum atomic E-state index is -3.29. The highest BCUT2D eigenvalue weighted by molar-refractivity contribution is 7.90. The van der Waals surface area contributed by atoms with Gasteiger partial charge >= 0.3 is 0 Å². The number of nitrogens with zero attached hydrogens (tertiary/aromatic N) is 1. The zero-order chi connectivity index (χ0) is 14.5. The van der Waals surface area contributed by atoms with Gasteiger partial charge in [-0.2, -0.15) is 0 Å². The summed E-state index contributed by atoms with van der Waals surface area (Å²) in [6.45, 7) is 3.06. The summed E-state index contributed by atoms with van der Waals surface area (Å²) in [5, 5.41) is 2.21. The van der Waals surface area contributed by atoms with E-state index in [1.807, 2.05) is 0 Å². The van der Waals surface area contributed by atoms with Crippen LogP contribution in [0.15, 0.2) is 10.9 Å². The molecule has 1 unspecified atom stereocenters. The monoisotopic (exact) mass is 289 g/mol. The number of methoxy groups -OCH3 is 1. The van der Waals surface area contributed by atoms with E-state index in [0.717, 1.165) is 6.26 Å². The zero-order valence-electron chi connectivity index (χ0n) is 11.3. The predicted molar refractivity (Wildman–Crippen MR) is 71.7 cm³/mol. The second-order valence-electron chi connectivity index (χ2n) is 4.26. The van der Waals surface area contributed by atoms with Gasteiger partial charge in [0.05, 0.1) is 12.3 Å². The maximum absolute atomic E-state index is 11.5. The fraction of sp³-hybridized carbons (Fsp3) is 0.636. The van der Waals surface area contributed by atoms with Crippen molar-refractivity contribution in [2.75, 3.05) is 26.5 Å². The number of hydrogen-bond donors (Lipinski definition) is 2. The van der Waals surface area contributed by atoms with Crippen molar-refractivity contribution in [2.45, 2.75) is 18.7 Å². The molecule has 1 aromatic heterocycles. The Hall–Kier alpha value is -1.25. The molecule has 1 rings (SSSR count). The number of ether oxygens (including phenoxy) is 1. The van der Waals surface area contributed by atoms with E-state index in [2.05, 4.69) is 15.3 Å². The van der Waals surface area contributed by atoms with Crippen LogP contribution in [-0.4, -0.2) is 44.9 Å². The number of aromatic nitrogens is 2. The average molecular weight is 289 g/mol. The van der Waals surface area contributed by atoms with E-state index in [4.69, 9.17) is 4.74 Å². The molecule has 0 aliphatic heterocycles. The van der Waals surface area contributed by atoms with Crippen molar-refractivity contribution in [2.24, 2.45) is 0 Å². The molecule has 8 heteroatoms. The van der Waals surface area contributed by atoms with Crippen LogP contribution >= 0.6 is 0 Å². The summed E-state index contributed by atoms with van der Waals surface area (Å²) in [6, 6.07) is 1.35. The lowest BCUT2D eigenvalue weighted by molar-refractivity contribution is 0.199. The van der Waals surface area contributed by atoms with Crippen LogP contribution in [0.25, 0.3) is 0 Å². The Balaban J connectivity index is 2.86. The second-order valence-corrected chi connectivity index (χ2v) is 6.63. The van der Waals surface area contributed by atoms with Gasteiger partial charge in [0.25, 0.3) is 5.56 Å². The lowest BCUT2D eigenvalue weighted by Gasteiger charge is -2.10. The Morgan fingerprint density at radius 3 is 2.79 bits per heavy atom. The zero-order valence-corrected chi connectivity index (χ0v) is 12.1. The van der Waals surface area contributed by atoms with Crippen LogP contribution in [0.1, 0.15) is 23.7 Å². The lowest BCUT2D eigenvalue weighted by atomic mass is 10.3. The first kappa shape index (κ1) is 15.8. The Kier molecular flexibility index (Phi) is 5.64. The van der Waals surface area contributed by atoms with Crippen LogP contribution in [0.5, 0.6) is 0 Å². The number of H-pyrrole nitrogens is 1. The Labute approximate surface area is 112 Å². The fourth-order valence-electron chi connectivity index (χ4n) is 1.41. The van der Waals surface area contributed by atoms with Gasteiger partial charge in [-0.1, -0.05) is 0 Å². The van der Waals surface area contributed by atoms with E-state index >= 15 is 0 Å². The molecular weight excluding hydrogens is 270 g/mol. The number of sulfone groups is 1. The normalized spacial score (nSPS) is 13.4. The molecule has 0 saturated carbocycles. The third-order valence-electron chi connectivity index (χ3n) is 2.63. The Morgan fingerprint density at radius 1 is 1.53 bits per heavy atom. The van der Waals surface area contributed by atoms with Crippen LogP contribution in [0.2, 0.25) is 0 Å². The molecule has 108 valence electrons. The molecule has 0 amide bonds. The third kappa shape index (κ3) is 5.09. The summed E-state index contributed by atoms with van der Waals surface area (Å²) in [7, 11) is -1.70. The molecule has 19 heavy (non-hydrogen) atoms. The van der Waals surface area contributed by atoms with Crippen LogP contribution in [0, 0.1) is 0 Å². The summed E-state index contributed by atoms with van der Waals surface area (Å²) >= 11 is 0. The number of aromatic amines is 1. The number of hydrogen-bond acceptors (Lipinski definition) is 6. The van der Waals surface area contributed by atoms with Crippen LogP contribution in [0.3, 0.4) is 0 Å². The lowest BCUT2D eigenvalue weighted by Crippen LogP contribution is -2.23. The minimum Gasteiger partial charge on any atom is -0.383 e. The van der Waals surface area contributed by atoms with Crippen molar-refractivity contribution in [3.8, 4) is 0 Å². The molecular formula is C11H19N3O4S. The standard InChI is InChI=1S/C11H19N3O4S/c1-8(19(3,16)17)11-13-9(6-10(15)14-11)7-12-4-5-18-2/h6,8,12H,4-5,7H2,1-3H3,(H,13,14,15). The maximum Gasteiger partial charge on any atom is 0.251 e. The highest BCUT2D eigenvalue weighted by Crippen LogP contribution is 2.15. The summed E-state index contributed by atoms with van der Waals surface area (Å²) in [6.07, 6.45) is 1.11. The molecule has 0 aliphatic rings. The van der Waals surface area contributed by atoms with Gasteiger partial charge in [0.2, 0.25) is 0 Å². The summed E-state index contributed by atoms with van der Waals surface area (Å²) in [5.41, 5.74) is 0.148. The molecule has 0 bridgehead atoms. The molecule has 1 heterocycles. The average Bonchev–Trinajstić information content (AvgIpc) is 2.32. The molecule has 0 radical (unpaired) electrons. The van der Waals surface area contributed by atoms with Gasteiger partial charge < -0.3 is 15.0 Å². The van der Waals surface area contributed by atoms with Crippen LogP contribution in [0.4, 0.5) is 0 Å². The van der Waals surface area contributed by atoms with Gasteiger partial charge in [0.15, 0.2) is 9.84 Å². The molecule has 1 aromatic rings.